The molecule has 1 N–H and O–H groups in total. The van der Waals surface area contributed by atoms with Crippen molar-refractivity contribution in [3.05, 3.63) is 35.9 Å². The van der Waals surface area contributed by atoms with Crippen LogP contribution in [0.5, 0.6) is 0 Å². The molecule has 1 saturated heterocycles. The van der Waals surface area contributed by atoms with Gasteiger partial charge in [0.1, 0.15) is 0 Å². The van der Waals surface area contributed by atoms with Crippen LogP contribution in [-0.4, -0.2) is 6.54 Å². The van der Waals surface area contributed by atoms with Gasteiger partial charge in [-0.05, 0) is 30.9 Å². The molecule has 1 aliphatic rings. The number of rotatable bonds is 2. The fourth-order valence-electron chi connectivity index (χ4n) is 2.31. The summed E-state index contributed by atoms with van der Waals surface area (Å²) in [5.41, 5.74) is 1.45. The topological polar surface area (TPSA) is 12.0 Å². The summed E-state index contributed by atoms with van der Waals surface area (Å²) in [6, 6.07) is 11.4. The molecule has 1 fully saturated rings. The third-order valence-corrected chi connectivity index (χ3v) is 3.29. The van der Waals surface area contributed by atoms with E-state index in [1.165, 1.54) is 31.4 Å². The Balaban J connectivity index is 2.04. The van der Waals surface area contributed by atoms with Gasteiger partial charge in [0, 0.05) is 6.04 Å². The van der Waals surface area contributed by atoms with Crippen LogP contribution in [0.1, 0.15) is 37.8 Å². The van der Waals surface area contributed by atoms with E-state index < -0.39 is 0 Å². The highest BCUT2D eigenvalue weighted by molar-refractivity contribution is 5.19. The van der Waals surface area contributed by atoms with Crippen molar-refractivity contribution in [3.63, 3.8) is 0 Å². The summed E-state index contributed by atoms with van der Waals surface area (Å²) >= 11 is 0. The first-order chi connectivity index (χ1) is 6.90. The summed E-state index contributed by atoms with van der Waals surface area (Å²) in [4.78, 5) is 0. The molecular formula is C13H19N. The van der Waals surface area contributed by atoms with Gasteiger partial charge in [0.2, 0.25) is 0 Å². The van der Waals surface area contributed by atoms with Crippen LogP contribution in [0.4, 0.5) is 0 Å². The predicted molar refractivity (Wildman–Crippen MR) is 60.2 cm³/mol. The molecule has 76 valence electrons. The van der Waals surface area contributed by atoms with Crippen LogP contribution in [0.15, 0.2) is 30.3 Å². The minimum atomic E-state index is 0.592. The number of benzene rings is 1. The maximum absolute atomic E-state index is 3.60. The maximum atomic E-state index is 3.60. The van der Waals surface area contributed by atoms with Gasteiger partial charge < -0.3 is 5.32 Å². The molecule has 1 heterocycles. The van der Waals surface area contributed by atoms with Crippen LogP contribution in [-0.2, 0) is 0 Å². The Morgan fingerprint density at radius 2 is 2.07 bits per heavy atom. The number of piperidine rings is 1. The van der Waals surface area contributed by atoms with Gasteiger partial charge in [0.25, 0.3) is 0 Å². The van der Waals surface area contributed by atoms with Crippen LogP contribution >= 0.6 is 0 Å². The molecule has 0 unspecified atom stereocenters. The van der Waals surface area contributed by atoms with Crippen molar-refractivity contribution in [3.8, 4) is 0 Å². The molecule has 1 aromatic carbocycles. The summed E-state index contributed by atoms with van der Waals surface area (Å²) in [6.45, 7) is 3.48. The lowest BCUT2D eigenvalue weighted by Crippen LogP contribution is -2.31. The first kappa shape index (κ1) is 9.72. The Hall–Kier alpha value is -0.820. The standard InChI is InChI=1S/C13H19N/c1-2-11-8-9-14-13(10-11)12-6-4-3-5-7-12/h3-7,11,13-14H,2,8-10H2,1H3/t11-,13+/m1/s1. The molecule has 1 aromatic rings. The highest BCUT2D eigenvalue weighted by Crippen LogP contribution is 2.28. The zero-order valence-electron chi connectivity index (χ0n) is 8.87. The average Bonchev–Trinajstić information content (AvgIpc) is 2.30. The molecule has 14 heavy (non-hydrogen) atoms. The summed E-state index contributed by atoms with van der Waals surface area (Å²) in [7, 11) is 0. The molecule has 0 spiro atoms. The third kappa shape index (κ3) is 2.16. The molecule has 0 aromatic heterocycles. The van der Waals surface area contributed by atoms with Crippen molar-refractivity contribution < 1.29 is 0 Å². The minimum absolute atomic E-state index is 0.592. The molecule has 0 amide bonds. The Morgan fingerprint density at radius 1 is 1.29 bits per heavy atom. The number of hydrogen-bond acceptors (Lipinski definition) is 1. The van der Waals surface area contributed by atoms with Crippen molar-refractivity contribution in [1.82, 2.24) is 5.32 Å². The highest BCUT2D eigenvalue weighted by Gasteiger charge is 2.20. The van der Waals surface area contributed by atoms with Gasteiger partial charge in [-0.2, -0.15) is 0 Å². The average molecular weight is 189 g/mol. The summed E-state index contributed by atoms with van der Waals surface area (Å²) in [5, 5.41) is 3.60. The molecule has 1 aliphatic heterocycles. The second kappa shape index (κ2) is 4.61. The van der Waals surface area contributed by atoms with Crippen molar-refractivity contribution in [1.29, 1.82) is 0 Å². The first-order valence-electron chi connectivity index (χ1n) is 5.68. The zero-order chi connectivity index (χ0) is 9.80. The molecule has 0 bridgehead atoms. The van der Waals surface area contributed by atoms with Crippen LogP contribution in [0.25, 0.3) is 0 Å². The van der Waals surface area contributed by atoms with Gasteiger partial charge in [0.15, 0.2) is 0 Å². The van der Waals surface area contributed by atoms with Crippen molar-refractivity contribution >= 4 is 0 Å². The molecule has 1 nitrogen and oxygen atoms in total. The second-order valence-electron chi connectivity index (χ2n) is 4.22. The molecule has 0 saturated carbocycles. The fourth-order valence-corrected chi connectivity index (χ4v) is 2.31. The molecule has 2 atom stereocenters. The van der Waals surface area contributed by atoms with E-state index in [9.17, 15) is 0 Å². The second-order valence-corrected chi connectivity index (χ2v) is 4.22. The molecular weight excluding hydrogens is 170 g/mol. The van der Waals surface area contributed by atoms with Crippen LogP contribution in [0.2, 0.25) is 0 Å². The SMILES string of the molecule is CC[C@@H]1CCN[C@H](c2ccccc2)C1. The lowest BCUT2D eigenvalue weighted by molar-refractivity contribution is 0.299. The van der Waals surface area contributed by atoms with Crippen molar-refractivity contribution in [2.24, 2.45) is 5.92 Å². The predicted octanol–water partition coefficient (Wildman–Crippen LogP) is 3.14. The fraction of sp³-hybridized carbons (Fsp3) is 0.538. The van der Waals surface area contributed by atoms with Gasteiger partial charge in [-0.3, -0.25) is 0 Å². The molecule has 2 rings (SSSR count). The monoisotopic (exact) mass is 189 g/mol. The number of nitrogens with one attached hydrogen (secondary N) is 1. The lowest BCUT2D eigenvalue weighted by atomic mass is 9.87. The molecule has 0 radical (unpaired) electrons. The summed E-state index contributed by atoms with van der Waals surface area (Å²) in [6.07, 6.45) is 3.98. The van der Waals surface area contributed by atoms with Gasteiger partial charge in [0.05, 0.1) is 0 Å². The van der Waals surface area contributed by atoms with Gasteiger partial charge in [-0.15, -0.1) is 0 Å². The van der Waals surface area contributed by atoms with Gasteiger partial charge in [-0.1, -0.05) is 43.7 Å². The van der Waals surface area contributed by atoms with E-state index in [-0.39, 0.29) is 0 Å². The quantitative estimate of drug-likeness (QED) is 0.753. The summed E-state index contributed by atoms with van der Waals surface area (Å²) in [5.74, 6) is 0.918. The smallest absolute Gasteiger partial charge is 0.0322 e. The van der Waals surface area contributed by atoms with E-state index in [0.717, 1.165) is 5.92 Å². The Kier molecular flexibility index (Phi) is 3.20. The number of hydrogen-bond donors (Lipinski definition) is 1. The Labute approximate surface area is 86.5 Å². The zero-order valence-corrected chi connectivity index (χ0v) is 8.87. The van der Waals surface area contributed by atoms with Gasteiger partial charge >= 0.3 is 0 Å². The van der Waals surface area contributed by atoms with Gasteiger partial charge in [-0.25, -0.2) is 0 Å². The van der Waals surface area contributed by atoms with E-state index >= 15 is 0 Å². The normalized spacial score (nSPS) is 27.5. The van der Waals surface area contributed by atoms with E-state index in [2.05, 4.69) is 42.6 Å². The maximum Gasteiger partial charge on any atom is 0.0322 e. The molecule has 0 aliphatic carbocycles. The Morgan fingerprint density at radius 3 is 2.79 bits per heavy atom. The largest absolute Gasteiger partial charge is 0.310 e. The molecule has 1 heteroatoms. The highest BCUT2D eigenvalue weighted by atomic mass is 14.9. The van der Waals surface area contributed by atoms with Crippen molar-refractivity contribution in [2.75, 3.05) is 6.54 Å². The third-order valence-electron chi connectivity index (χ3n) is 3.29. The lowest BCUT2D eigenvalue weighted by Gasteiger charge is -2.30. The van der Waals surface area contributed by atoms with Crippen LogP contribution in [0.3, 0.4) is 0 Å². The van der Waals surface area contributed by atoms with E-state index in [1.807, 2.05) is 0 Å². The van der Waals surface area contributed by atoms with E-state index in [1.54, 1.807) is 0 Å². The van der Waals surface area contributed by atoms with Crippen LogP contribution < -0.4 is 5.32 Å². The van der Waals surface area contributed by atoms with E-state index in [4.69, 9.17) is 0 Å². The van der Waals surface area contributed by atoms with E-state index in [0.29, 0.717) is 6.04 Å². The first-order valence-corrected chi connectivity index (χ1v) is 5.68. The van der Waals surface area contributed by atoms with Crippen LogP contribution in [0, 0.1) is 5.92 Å². The minimum Gasteiger partial charge on any atom is -0.310 e. The van der Waals surface area contributed by atoms with Crippen molar-refractivity contribution in [2.45, 2.75) is 32.2 Å². The Bertz CT molecular complexity index is 268. The summed E-state index contributed by atoms with van der Waals surface area (Å²) < 4.78 is 0.